The van der Waals surface area contributed by atoms with Gasteiger partial charge in [0.25, 0.3) is 5.91 Å². The molecule has 1 aromatic rings. The van der Waals surface area contributed by atoms with Crippen LogP contribution in [0.2, 0.25) is 0 Å². The van der Waals surface area contributed by atoms with Crippen molar-refractivity contribution in [2.45, 2.75) is 64.5 Å². The minimum Gasteiger partial charge on any atom is -0.443 e. The molecule has 0 atom stereocenters. The van der Waals surface area contributed by atoms with Gasteiger partial charge in [0, 0.05) is 18.3 Å². The first-order chi connectivity index (χ1) is 11.9. The van der Waals surface area contributed by atoms with E-state index in [1.807, 2.05) is 16.7 Å². The predicted octanol–water partition coefficient (Wildman–Crippen LogP) is 3.93. The van der Waals surface area contributed by atoms with E-state index in [1.54, 1.807) is 26.0 Å². The Bertz CT molecular complexity index is 615. The molecule has 0 saturated heterocycles. The van der Waals surface area contributed by atoms with Crippen molar-refractivity contribution in [1.29, 1.82) is 0 Å². The number of aliphatic hydroxyl groups is 1. The Labute approximate surface area is 155 Å². The molecule has 0 radical (unpaired) electrons. The highest BCUT2D eigenvalue weighted by atomic mass is 32.2. The van der Waals surface area contributed by atoms with Crippen LogP contribution in [0.3, 0.4) is 0 Å². The SMILES string of the molecule is CCSCCN(C(=O)c1ccc(C#CC(C)(C)O)o1)C1CCCCC1. The highest BCUT2D eigenvalue weighted by molar-refractivity contribution is 7.99. The van der Waals surface area contributed by atoms with Gasteiger partial charge in [0.15, 0.2) is 11.5 Å². The number of carbonyl (C=O) groups excluding carboxylic acids is 1. The van der Waals surface area contributed by atoms with Gasteiger partial charge in [-0.2, -0.15) is 11.8 Å². The third kappa shape index (κ3) is 6.45. The van der Waals surface area contributed by atoms with E-state index in [0.29, 0.717) is 17.6 Å². The zero-order chi connectivity index (χ0) is 18.3. The monoisotopic (exact) mass is 363 g/mol. The highest BCUT2D eigenvalue weighted by Crippen LogP contribution is 2.25. The van der Waals surface area contributed by atoms with Crippen molar-refractivity contribution in [2.24, 2.45) is 0 Å². The molecule has 25 heavy (non-hydrogen) atoms. The summed E-state index contributed by atoms with van der Waals surface area (Å²) >= 11 is 1.85. The molecule has 4 nitrogen and oxygen atoms in total. The van der Waals surface area contributed by atoms with Crippen molar-refractivity contribution in [3.63, 3.8) is 0 Å². The van der Waals surface area contributed by atoms with Crippen molar-refractivity contribution >= 4 is 17.7 Å². The van der Waals surface area contributed by atoms with Crippen LogP contribution in [0.15, 0.2) is 16.5 Å². The summed E-state index contributed by atoms with van der Waals surface area (Å²) in [6, 6.07) is 3.71. The summed E-state index contributed by atoms with van der Waals surface area (Å²) in [6.07, 6.45) is 5.80. The summed E-state index contributed by atoms with van der Waals surface area (Å²) in [6.45, 7) is 6.13. The fourth-order valence-corrected chi connectivity index (χ4v) is 3.64. The van der Waals surface area contributed by atoms with E-state index in [2.05, 4.69) is 18.8 Å². The van der Waals surface area contributed by atoms with E-state index in [0.717, 1.165) is 30.9 Å². The molecule has 0 aliphatic heterocycles. The Balaban J connectivity index is 2.11. The maximum absolute atomic E-state index is 13.0. The third-order valence-electron chi connectivity index (χ3n) is 4.27. The fraction of sp³-hybridized carbons (Fsp3) is 0.650. The second kappa shape index (κ2) is 9.35. The van der Waals surface area contributed by atoms with Crippen LogP contribution in [0.5, 0.6) is 0 Å². The molecule has 1 aromatic heterocycles. The molecule has 1 N–H and O–H groups in total. The minimum atomic E-state index is -1.08. The van der Waals surface area contributed by atoms with Gasteiger partial charge in [0.2, 0.25) is 0 Å². The van der Waals surface area contributed by atoms with Crippen LogP contribution in [0, 0.1) is 11.8 Å². The lowest BCUT2D eigenvalue weighted by molar-refractivity contribution is 0.0617. The average Bonchev–Trinajstić information content (AvgIpc) is 3.06. The number of hydrogen-bond donors (Lipinski definition) is 1. The Hall–Kier alpha value is -1.38. The molecule has 1 saturated carbocycles. The molecule has 1 fully saturated rings. The summed E-state index contributed by atoms with van der Waals surface area (Å²) in [5.41, 5.74) is -1.08. The average molecular weight is 364 g/mol. The minimum absolute atomic E-state index is 0.0417. The molecule has 1 amide bonds. The van der Waals surface area contributed by atoms with Crippen LogP contribution in [-0.2, 0) is 0 Å². The second-order valence-electron chi connectivity index (χ2n) is 6.96. The smallest absolute Gasteiger partial charge is 0.289 e. The molecule has 0 unspecified atom stereocenters. The van der Waals surface area contributed by atoms with Gasteiger partial charge in [-0.1, -0.05) is 32.1 Å². The molecule has 1 heterocycles. The summed E-state index contributed by atoms with van der Waals surface area (Å²) in [4.78, 5) is 15.0. The quantitative estimate of drug-likeness (QED) is 0.615. The zero-order valence-corrected chi connectivity index (χ0v) is 16.3. The predicted molar refractivity (Wildman–Crippen MR) is 103 cm³/mol. The summed E-state index contributed by atoms with van der Waals surface area (Å²) in [5.74, 6) is 8.22. The molecule has 5 heteroatoms. The normalized spacial score (nSPS) is 15.5. The van der Waals surface area contributed by atoms with E-state index in [4.69, 9.17) is 4.42 Å². The molecular weight excluding hydrogens is 334 g/mol. The van der Waals surface area contributed by atoms with Gasteiger partial charge in [0.05, 0.1) is 0 Å². The lowest BCUT2D eigenvalue weighted by Crippen LogP contribution is -2.42. The molecular formula is C20H29NO3S. The van der Waals surface area contributed by atoms with E-state index < -0.39 is 5.60 Å². The highest BCUT2D eigenvalue weighted by Gasteiger charge is 2.27. The van der Waals surface area contributed by atoms with Gasteiger partial charge in [-0.15, -0.1) is 0 Å². The lowest BCUT2D eigenvalue weighted by atomic mass is 9.94. The van der Waals surface area contributed by atoms with Crippen LogP contribution in [0.25, 0.3) is 0 Å². The van der Waals surface area contributed by atoms with Crippen LogP contribution >= 0.6 is 11.8 Å². The third-order valence-corrected chi connectivity index (χ3v) is 5.14. The Kier molecular flexibility index (Phi) is 7.46. The van der Waals surface area contributed by atoms with Gasteiger partial charge >= 0.3 is 0 Å². The van der Waals surface area contributed by atoms with Gasteiger partial charge in [-0.25, -0.2) is 0 Å². The van der Waals surface area contributed by atoms with Crippen molar-refractivity contribution in [1.82, 2.24) is 4.90 Å². The first kappa shape index (κ1) is 19.9. The molecule has 0 aromatic carbocycles. The van der Waals surface area contributed by atoms with E-state index >= 15 is 0 Å². The first-order valence-electron chi connectivity index (χ1n) is 9.15. The Morgan fingerprint density at radius 1 is 1.36 bits per heavy atom. The van der Waals surface area contributed by atoms with E-state index in [9.17, 15) is 9.90 Å². The first-order valence-corrected chi connectivity index (χ1v) is 10.3. The maximum atomic E-state index is 13.0. The molecule has 2 rings (SSSR count). The van der Waals surface area contributed by atoms with Crippen molar-refractivity contribution < 1.29 is 14.3 Å². The zero-order valence-electron chi connectivity index (χ0n) is 15.5. The number of carbonyl (C=O) groups is 1. The fourth-order valence-electron chi connectivity index (χ4n) is 3.03. The van der Waals surface area contributed by atoms with Crippen LogP contribution in [0.4, 0.5) is 0 Å². The van der Waals surface area contributed by atoms with Crippen LogP contribution in [0.1, 0.15) is 69.2 Å². The van der Waals surface area contributed by atoms with E-state index in [-0.39, 0.29) is 5.91 Å². The number of furan rings is 1. The number of nitrogens with zero attached hydrogens (tertiary/aromatic N) is 1. The van der Waals surface area contributed by atoms with Crippen LogP contribution in [-0.4, -0.2) is 45.6 Å². The number of rotatable bonds is 6. The van der Waals surface area contributed by atoms with Crippen molar-refractivity contribution in [3.8, 4) is 11.8 Å². The van der Waals surface area contributed by atoms with E-state index in [1.165, 1.54) is 19.3 Å². The number of thioether (sulfide) groups is 1. The summed E-state index contributed by atoms with van der Waals surface area (Å²) in [7, 11) is 0. The standard InChI is InChI=1S/C20H29NO3S/c1-4-25-15-14-21(16-8-6-5-7-9-16)19(22)18-11-10-17(24-18)12-13-20(2,3)23/h10-11,16,23H,4-9,14-15H2,1-3H3. The molecule has 138 valence electrons. The van der Waals surface area contributed by atoms with Gasteiger partial charge < -0.3 is 14.4 Å². The number of amides is 1. The largest absolute Gasteiger partial charge is 0.443 e. The molecule has 0 bridgehead atoms. The Morgan fingerprint density at radius 2 is 2.08 bits per heavy atom. The second-order valence-corrected chi connectivity index (χ2v) is 8.35. The van der Waals surface area contributed by atoms with Gasteiger partial charge in [0.1, 0.15) is 5.60 Å². The topological polar surface area (TPSA) is 53.7 Å². The van der Waals surface area contributed by atoms with Gasteiger partial charge in [-0.05, 0) is 50.5 Å². The molecule has 1 aliphatic carbocycles. The van der Waals surface area contributed by atoms with Gasteiger partial charge in [-0.3, -0.25) is 4.79 Å². The summed E-state index contributed by atoms with van der Waals surface area (Å²) in [5, 5.41) is 9.68. The lowest BCUT2D eigenvalue weighted by Gasteiger charge is -2.33. The van der Waals surface area contributed by atoms with Crippen molar-refractivity contribution in [3.05, 3.63) is 23.7 Å². The Morgan fingerprint density at radius 3 is 2.72 bits per heavy atom. The van der Waals surface area contributed by atoms with Crippen LogP contribution < -0.4 is 0 Å². The number of hydrogen-bond acceptors (Lipinski definition) is 4. The maximum Gasteiger partial charge on any atom is 0.289 e. The van der Waals surface area contributed by atoms with Crippen molar-refractivity contribution in [2.75, 3.05) is 18.1 Å². The molecule has 0 spiro atoms. The summed E-state index contributed by atoms with van der Waals surface area (Å²) < 4.78 is 5.64. The molecule has 1 aliphatic rings.